The zero-order valence-electron chi connectivity index (χ0n) is 18.9. The van der Waals surface area contributed by atoms with E-state index >= 15 is 0 Å². The molecule has 1 N–H and O–H groups in total. The van der Waals surface area contributed by atoms with Crippen molar-refractivity contribution in [3.8, 4) is 0 Å². The van der Waals surface area contributed by atoms with Gasteiger partial charge in [0.15, 0.2) is 9.84 Å². The topological polar surface area (TPSA) is 79.0 Å². The zero-order valence-corrected chi connectivity index (χ0v) is 21.3. The number of ether oxygens (including phenoxy) is 1. The summed E-state index contributed by atoms with van der Waals surface area (Å²) < 4.78 is 30.1. The number of sulfone groups is 1. The number of nitrogens with one attached hydrogen (secondary N) is 1. The van der Waals surface area contributed by atoms with Crippen molar-refractivity contribution >= 4 is 46.2 Å². The van der Waals surface area contributed by atoms with Crippen LogP contribution in [-0.2, 0) is 24.8 Å². The largest absolute Gasteiger partial charge is 0.383 e. The second-order valence-electron chi connectivity index (χ2n) is 8.79. The van der Waals surface area contributed by atoms with Gasteiger partial charge in [0.2, 0.25) is 5.91 Å². The lowest BCUT2D eigenvalue weighted by atomic mass is 9.87. The molecule has 7 nitrogen and oxygen atoms in total. The molecule has 2 aliphatic heterocycles. The van der Waals surface area contributed by atoms with Crippen LogP contribution < -0.4 is 10.2 Å². The average Bonchev–Trinajstić information content (AvgIpc) is 2.95. The first-order valence-corrected chi connectivity index (χ1v) is 11.9. The molecular weight excluding hydrogens is 461 g/mol. The van der Waals surface area contributed by atoms with E-state index in [4.69, 9.17) is 4.74 Å². The molecule has 0 aliphatic carbocycles. The first kappa shape index (κ1) is 28.1. The molecule has 2 heterocycles. The lowest BCUT2D eigenvalue weighted by Gasteiger charge is -2.39. The molecule has 2 atom stereocenters. The second kappa shape index (κ2) is 10.8. The van der Waals surface area contributed by atoms with Crippen LogP contribution in [0, 0.1) is 0 Å². The minimum Gasteiger partial charge on any atom is -0.383 e. The molecule has 1 saturated heterocycles. The van der Waals surface area contributed by atoms with Crippen LogP contribution in [0.25, 0.3) is 0 Å². The fraction of sp³-hybridized carbons (Fsp3) is 0.667. The molecule has 0 aromatic heterocycles. The summed E-state index contributed by atoms with van der Waals surface area (Å²) in [6, 6.07) is 5.65. The number of halogens is 2. The molecule has 10 heteroatoms. The van der Waals surface area contributed by atoms with Crippen molar-refractivity contribution in [2.75, 3.05) is 50.5 Å². The fourth-order valence-electron chi connectivity index (χ4n) is 4.30. The summed E-state index contributed by atoms with van der Waals surface area (Å²) in [5.74, 6) is 0.0404. The highest BCUT2D eigenvalue weighted by Gasteiger charge is 2.39. The quantitative estimate of drug-likeness (QED) is 0.651. The first-order valence-electron chi connectivity index (χ1n) is 10.2. The Labute approximate surface area is 198 Å². The molecule has 1 fully saturated rings. The van der Waals surface area contributed by atoms with Gasteiger partial charge in [-0.15, -0.1) is 24.8 Å². The van der Waals surface area contributed by atoms with Crippen LogP contribution in [0.4, 0.5) is 5.69 Å². The van der Waals surface area contributed by atoms with E-state index in [0.29, 0.717) is 25.7 Å². The third-order valence-corrected chi connectivity index (χ3v) is 7.74. The van der Waals surface area contributed by atoms with E-state index in [0.717, 1.165) is 24.3 Å². The van der Waals surface area contributed by atoms with E-state index in [1.165, 1.54) is 0 Å². The highest BCUT2D eigenvalue weighted by atomic mass is 35.5. The van der Waals surface area contributed by atoms with E-state index in [1.54, 1.807) is 31.1 Å². The SMILES string of the molecule is CCS(=O)(=O)c1ccc2c(c1)N(C(=O)CN1C[C@@H](C)NC[C@@H]1COC)CC2(C)C.Cl.Cl. The highest BCUT2D eigenvalue weighted by molar-refractivity contribution is 7.91. The number of carbonyl (C=O) groups excluding carboxylic acids is 1. The van der Waals surface area contributed by atoms with Crippen LogP contribution in [-0.4, -0.2) is 77.0 Å². The number of amides is 1. The maximum Gasteiger partial charge on any atom is 0.241 e. The number of hydrogen-bond donors (Lipinski definition) is 1. The van der Waals surface area contributed by atoms with E-state index in [1.807, 2.05) is 6.07 Å². The average molecular weight is 497 g/mol. The maximum absolute atomic E-state index is 13.3. The van der Waals surface area contributed by atoms with Crippen molar-refractivity contribution < 1.29 is 17.9 Å². The molecule has 0 radical (unpaired) electrons. The number of anilines is 1. The van der Waals surface area contributed by atoms with Gasteiger partial charge in [0.05, 0.1) is 23.8 Å². The van der Waals surface area contributed by atoms with Gasteiger partial charge in [0, 0.05) is 49.9 Å². The number of hydrogen-bond acceptors (Lipinski definition) is 6. The zero-order chi connectivity index (χ0) is 21.4. The minimum absolute atomic E-state index is 0. The minimum atomic E-state index is -3.33. The summed E-state index contributed by atoms with van der Waals surface area (Å²) in [5.41, 5.74) is 1.52. The van der Waals surface area contributed by atoms with Crippen molar-refractivity contribution in [2.24, 2.45) is 0 Å². The molecule has 1 aromatic carbocycles. The summed E-state index contributed by atoms with van der Waals surface area (Å²) in [7, 11) is -1.66. The van der Waals surface area contributed by atoms with Gasteiger partial charge in [-0.3, -0.25) is 9.69 Å². The Morgan fingerprint density at radius 3 is 2.58 bits per heavy atom. The lowest BCUT2D eigenvalue weighted by Crippen LogP contribution is -2.59. The van der Waals surface area contributed by atoms with E-state index in [9.17, 15) is 13.2 Å². The second-order valence-corrected chi connectivity index (χ2v) is 11.1. The smallest absolute Gasteiger partial charge is 0.241 e. The van der Waals surface area contributed by atoms with Crippen LogP contribution in [0.1, 0.15) is 33.3 Å². The van der Waals surface area contributed by atoms with Gasteiger partial charge in [-0.2, -0.15) is 0 Å². The highest BCUT2D eigenvalue weighted by Crippen LogP contribution is 2.41. The van der Waals surface area contributed by atoms with Gasteiger partial charge < -0.3 is 15.0 Å². The summed E-state index contributed by atoms with van der Waals surface area (Å²) in [6.07, 6.45) is 0. The van der Waals surface area contributed by atoms with Crippen LogP contribution in [0.5, 0.6) is 0 Å². The Kier molecular flexibility index (Phi) is 9.81. The summed E-state index contributed by atoms with van der Waals surface area (Å²) in [4.78, 5) is 17.5. The molecule has 0 bridgehead atoms. The number of rotatable bonds is 6. The van der Waals surface area contributed by atoms with E-state index < -0.39 is 9.84 Å². The van der Waals surface area contributed by atoms with Crippen LogP contribution in [0.3, 0.4) is 0 Å². The van der Waals surface area contributed by atoms with Crippen LogP contribution in [0.2, 0.25) is 0 Å². The summed E-state index contributed by atoms with van der Waals surface area (Å²) >= 11 is 0. The standard InChI is InChI=1S/C21H33N3O4S.2ClH/c1-6-29(26,27)17-7-8-18-19(9-17)24(14-21(18,3)4)20(25)12-23-11-15(2)22-10-16(23)13-28-5;;/h7-9,15-16,22H,6,10-14H2,1-5H3;2*1H/t15-,16-;;/m1../s1. The third kappa shape index (κ3) is 5.92. The first-order chi connectivity index (χ1) is 13.6. The Balaban J connectivity index is 0.00000240. The van der Waals surface area contributed by atoms with Gasteiger partial charge in [0.25, 0.3) is 0 Å². The van der Waals surface area contributed by atoms with E-state index in [-0.39, 0.29) is 52.8 Å². The molecule has 178 valence electrons. The van der Waals surface area contributed by atoms with Crippen LogP contribution >= 0.6 is 24.8 Å². The molecule has 1 amide bonds. The molecule has 0 spiro atoms. The molecule has 3 rings (SSSR count). The van der Waals surface area contributed by atoms with Crippen molar-refractivity contribution in [3.05, 3.63) is 23.8 Å². The van der Waals surface area contributed by atoms with Gasteiger partial charge in [0.1, 0.15) is 0 Å². The van der Waals surface area contributed by atoms with Gasteiger partial charge in [-0.1, -0.05) is 26.8 Å². The van der Waals surface area contributed by atoms with Gasteiger partial charge in [-0.05, 0) is 24.6 Å². The van der Waals surface area contributed by atoms with Crippen molar-refractivity contribution in [2.45, 2.75) is 50.1 Å². The molecular formula is C21H35Cl2N3O4S. The number of methoxy groups -OCH3 is 1. The fourth-order valence-corrected chi connectivity index (χ4v) is 5.20. The number of nitrogens with zero attached hydrogens (tertiary/aromatic N) is 2. The van der Waals surface area contributed by atoms with Gasteiger partial charge in [-0.25, -0.2) is 8.42 Å². The predicted octanol–water partition coefficient (Wildman–Crippen LogP) is 2.26. The van der Waals surface area contributed by atoms with Gasteiger partial charge >= 0.3 is 0 Å². The Morgan fingerprint density at radius 1 is 1.29 bits per heavy atom. The Hall–Kier alpha value is -0.900. The molecule has 1 aromatic rings. The number of piperazine rings is 1. The van der Waals surface area contributed by atoms with Crippen LogP contribution in [0.15, 0.2) is 23.1 Å². The van der Waals surface area contributed by atoms with E-state index in [2.05, 4.69) is 31.0 Å². The van der Waals surface area contributed by atoms with Crippen molar-refractivity contribution in [1.82, 2.24) is 10.2 Å². The van der Waals surface area contributed by atoms with Crippen molar-refractivity contribution in [1.29, 1.82) is 0 Å². The van der Waals surface area contributed by atoms with Crippen molar-refractivity contribution in [3.63, 3.8) is 0 Å². The molecule has 2 aliphatic rings. The summed E-state index contributed by atoms with van der Waals surface area (Å²) in [5, 5.41) is 3.44. The number of carbonyl (C=O) groups is 1. The number of benzene rings is 1. The predicted molar refractivity (Wildman–Crippen MR) is 129 cm³/mol. The Morgan fingerprint density at radius 2 is 1.97 bits per heavy atom. The molecule has 0 unspecified atom stereocenters. The number of fused-ring (bicyclic) bond motifs is 1. The molecule has 31 heavy (non-hydrogen) atoms. The summed E-state index contributed by atoms with van der Waals surface area (Å²) in [6.45, 7) is 10.9. The monoisotopic (exact) mass is 495 g/mol. The lowest BCUT2D eigenvalue weighted by molar-refractivity contribution is -0.121. The molecule has 0 saturated carbocycles. The normalized spacial score (nSPS) is 22.9. The third-order valence-electron chi connectivity index (χ3n) is 6.01. The Bertz CT molecular complexity index is 879. The maximum atomic E-state index is 13.3.